The van der Waals surface area contributed by atoms with Crippen molar-refractivity contribution in [3.8, 4) is 5.75 Å². The van der Waals surface area contributed by atoms with E-state index in [9.17, 15) is 8.42 Å². The molecule has 6 nitrogen and oxygen atoms in total. The van der Waals surface area contributed by atoms with Crippen LogP contribution in [0.1, 0.15) is 0 Å². The second kappa shape index (κ2) is 5.54. The fourth-order valence-electron chi connectivity index (χ4n) is 1.31. The van der Waals surface area contributed by atoms with Gasteiger partial charge in [0.25, 0.3) is 10.0 Å². The predicted molar refractivity (Wildman–Crippen MR) is 73.5 cm³/mol. The molecule has 0 aliphatic carbocycles. The third kappa shape index (κ3) is 3.21. The number of ether oxygens (including phenoxy) is 1. The first kappa shape index (κ1) is 13.8. The number of methoxy groups -OCH3 is 1. The molecule has 0 atom stereocenters. The van der Waals surface area contributed by atoms with Gasteiger partial charge in [-0.05, 0) is 28.1 Å². The van der Waals surface area contributed by atoms with E-state index in [1.54, 1.807) is 18.2 Å². The molecule has 19 heavy (non-hydrogen) atoms. The lowest BCUT2D eigenvalue weighted by Gasteiger charge is -2.08. The Labute approximate surface area is 119 Å². The standard InChI is InChI=1S/C11H10BrN3O3S/c1-18-8-6-13-11(14-7-8)15-19(16,17)10-5-3-2-4-9(10)12/h2-7H,1H3,(H,13,14,15). The van der Waals surface area contributed by atoms with Crippen molar-refractivity contribution < 1.29 is 13.2 Å². The molecule has 0 bridgehead atoms. The zero-order chi connectivity index (χ0) is 13.9. The third-order valence-corrected chi connectivity index (χ3v) is 4.56. The van der Waals surface area contributed by atoms with E-state index in [0.717, 1.165) is 0 Å². The Morgan fingerprint density at radius 3 is 2.42 bits per heavy atom. The van der Waals surface area contributed by atoms with Gasteiger partial charge in [0, 0.05) is 4.47 Å². The number of nitrogens with zero attached hydrogens (tertiary/aromatic N) is 2. The van der Waals surface area contributed by atoms with Crippen LogP contribution in [-0.4, -0.2) is 25.5 Å². The van der Waals surface area contributed by atoms with Gasteiger partial charge in [-0.25, -0.2) is 23.1 Å². The maximum absolute atomic E-state index is 12.1. The summed E-state index contributed by atoms with van der Waals surface area (Å²) in [5.74, 6) is 0.431. The highest BCUT2D eigenvalue weighted by Gasteiger charge is 2.18. The first-order chi connectivity index (χ1) is 9.03. The lowest BCUT2D eigenvalue weighted by Crippen LogP contribution is -2.15. The van der Waals surface area contributed by atoms with Crippen LogP contribution in [0.15, 0.2) is 46.0 Å². The molecule has 2 aromatic rings. The van der Waals surface area contributed by atoms with Crippen LogP contribution in [0.2, 0.25) is 0 Å². The van der Waals surface area contributed by atoms with Crippen LogP contribution in [-0.2, 0) is 10.0 Å². The zero-order valence-electron chi connectivity index (χ0n) is 9.87. The Balaban J connectivity index is 2.28. The first-order valence-corrected chi connectivity index (χ1v) is 7.44. The van der Waals surface area contributed by atoms with Gasteiger partial charge in [-0.15, -0.1) is 0 Å². The molecule has 0 saturated carbocycles. The molecule has 0 aliphatic heterocycles. The molecular weight excluding hydrogens is 334 g/mol. The molecule has 1 aromatic heterocycles. The molecule has 1 aromatic carbocycles. The minimum absolute atomic E-state index is 0.0171. The predicted octanol–water partition coefficient (Wildman–Crippen LogP) is 2.05. The molecule has 0 fully saturated rings. The van der Waals surface area contributed by atoms with Crippen LogP contribution in [0.3, 0.4) is 0 Å². The molecule has 1 heterocycles. The van der Waals surface area contributed by atoms with Crippen LogP contribution in [0, 0.1) is 0 Å². The molecule has 0 spiro atoms. The maximum atomic E-state index is 12.1. The molecule has 0 aliphatic rings. The number of sulfonamides is 1. The van der Waals surface area contributed by atoms with E-state index < -0.39 is 10.0 Å². The van der Waals surface area contributed by atoms with Crippen molar-refractivity contribution in [2.45, 2.75) is 4.90 Å². The highest BCUT2D eigenvalue weighted by atomic mass is 79.9. The van der Waals surface area contributed by atoms with Crippen LogP contribution in [0.4, 0.5) is 5.95 Å². The maximum Gasteiger partial charge on any atom is 0.265 e. The van der Waals surface area contributed by atoms with Gasteiger partial charge in [-0.2, -0.15) is 0 Å². The molecule has 0 amide bonds. The summed E-state index contributed by atoms with van der Waals surface area (Å²) in [6.07, 6.45) is 2.76. The van der Waals surface area contributed by atoms with Gasteiger partial charge in [0.05, 0.1) is 19.5 Å². The normalized spacial score (nSPS) is 11.1. The van der Waals surface area contributed by atoms with E-state index in [1.807, 2.05) is 0 Å². The number of aromatic nitrogens is 2. The fourth-order valence-corrected chi connectivity index (χ4v) is 3.27. The van der Waals surface area contributed by atoms with Crippen LogP contribution in [0.25, 0.3) is 0 Å². The lowest BCUT2D eigenvalue weighted by molar-refractivity contribution is 0.411. The molecule has 100 valence electrons. The van der Waals surface area contributed by atoms with Gasteiger partial charge < -0.3 is 4.74 Å². The minimum Gasteiger partial charge on any atom is -0.494 e. The summed E-state index contributed by atoms with van der Waals surface area (Å²) in [6.45, 7) is 0. The summed E-state index contributed by atoms with van der Waals surface area (Å²) < 4.78 is 31.9. The number of hydrogen-bond acceptors (Lipinski definition) is 5. The SMILES string of the molecule is COc1cnc(NS(=O)(=O)c2ccccc2Br)nc1. The second-order valence-corrected chi connectivity index (χ2v) is 5.99. The third-order valence-electron chi connectivity index (χ3n) is 2.22. The van der Waals surface area contributed by atoms with E-state index in [0.29, 0.717) is 10.2 Å². The molecule has 8 heteroatoms. The summed E-state index contributed by atoms with van der Waals surface area (Å²) in [6, 6.07) is 6.49. The monoisotopic (exact) mass is 343 g/mol. The van der Waals surface area contributed by atoms with Crippen molar-refractivity contribution in [3.63, 3.8) is 0 Å². The van der Waals surface area contributed by atoms with Crippen LogP contribution >= 0.6 is 15.9 Å². The topological polar surface area (TPSA) is 81.2 Å². The van der Waals surface area contributed by atoms with Crippen LogP contribution < -0.4 is 9.46 Å². The summed E-state index contributed by atoms with van der Waals surface area (Å²) in [7, 11) is -2.25. The molecule has 1 N–H and O–H groups in total. The highest BCUT2D eigenvalue weighted by Crippen LogP contribution is 2.22. The summed E-state index contributed by atoms with van der Waals surface area (Å²) in [5, 5.41) is 0. The number of halogens is 1. The van der Waals surface area contributed by atoms with Gasteiger partial charge in [0.1, 0.15) is 4.90 Å². The van der Waals surface area contributed by atoms with Gasteiger partial charge in [0.15, 0.2) is 5.75 Å². The van der Waals surface area contributed by atoms with Gasteiger partial charge in [-0.1, -0.05) is 12.1 Å². The second-order valence-electron chi connectivity index (χ2n) is 3.48. The van der Waals surface area contributed by atoms with Crippen molar-refractivity contribution in [1.82, 2.24) is 9.97 Å². The average molecular weight is 344 g/mol. The van der Waals surface area contributed by atoms with Gasteiger partial charge >= 0.3 is 0 Å². The summed E-state index contributed by atoms with van der Waals surface area (Å²) >= 11 is 3.19. The highest BCUT2D eigenvalue weighted by molar-refractivity contribution is 9.10. The van der Waals surface area contributed by atoms with Gasteiger partial charge in [0.2, 0.25) is 5.95 Å². The zero-order valence-corrected chi connectivity index (χ0v) is 12.3. The number of nitrogens with one attached hydrogen (secondary N) is 1. The van der Waals surface area contributed by atoms with Crippen molar-refractivity contribution in [3.05, 3.63) is 41.1 Å². The molecule has 0 radical (unpaired) electrons. The summed E-state index contributed by atoms with van der Waals surface area (Å²) in [5.41, 5.74) is 0. The smallest absolute Gasteiger partial charge is 0.265 e. The number of anilines is 1. The van der Waals surface area contributed by atoms with Crippen molar-refractivity contribution in [2.24, 2.45) is 0 Å². The Morgan fingerprint density at radius 2 is 1.84 bits per heavy atom. The van der Waals surface area contributed by atoms with Gasteiger partial charge in [-0.3, -0.25) is 0 Å². The molecule has 2 rings (SSSR count). The fraction of sp³-hybridized carbons (Fsp3) is 0.0909. The minimum atomic E-state index is -3.73. The molecule has 0 unspecified atom stereocenters. The summed E-state index contributed by atoms with van der Waals surface area (Å²) in [4.78, 5) is 7.82. The molecule has 0 saturated heterocycles. The van der Waals surface area contributed by atoms with E-state index in [2.05, 4.69) is 30.6 Å². The first-order valence-electron chi connectivity index (χ1n) is 5.16. The molecular formula is C11H10BrN3O3S. The Kier molecular flexibility index (Phi) is 4.01. The van der Waals surface area contributed by atoms with Crippen molar-refractivity contribution >= 4 is 31.9 Å². The quantitative estimate of drug-likeness (QED) is 0.918. The Morgan fingerprint density at radius 1 is 1.21 bits per heavy atom. The van der Waals surface area contributed by atoms with E-state index >= 15 is 0 Å². The average Bonchev–Trinajstić information content (AvgIpc) is 2.39. The van der Waals surface area contributed by atoms with E-state index in [-0.39, 0.29) is 10.8 Å². The van der Waals surface area contributed by atoms with Crippen molar-refractivity contribution in [1.29, 1.82) is 0 Å². The number of benzene rings is 1. The number of rotatable bonds is 4. The van der Waals surface area contributed by atoms with E-state index in [4.69, 9.17) is 4.74 Å². The van der Waals surface area contributed by atoms with E-state index in [1.165, 1.54) is 25.6 Å². The number of hydrogen-bond donors (Lipinski definition) is 1. The van der Waals surface area contributed by atoms with Crippen LogP contribution in [0.5, 0.6) is 5.75 Å². The lowest BCUT2D eigenvalue weighted by atomic mass is 10.4. The largest absolute Gasteiger partial charge is 0.494 e. The van der Waals surface area contributed by atoms with Crippen molar-refractivity contribution in [2.75, 3.05) is 11.8 Å². The Bertz CT molecular complexity index is 674. The Hall–Kier alpha value is -1.67.